The van der Waals surface area contributed by atoms with E-state index in [1.54, 1.807) is 20.8 Å². The van der Waals surface area contributed by atoms with E-state index in [1.807, 2.05) is 0 Å². The Kier molecular flexibility index (Phi) is 13.8. The molecule has 0 fully saturated rings. The molecule has 0 saturated carbocycles. The summed E-state index contributed by atoms with van der Waals surface area (Å²) in [5, 5.41) is 22.9. The van der Waals surface area contributed by atoms with E-state index in [0.717, 1.165) is 0 Å². The summed E-state index contributed by atoms with van der Waals surface area (Å²) in [6, 6.07) is -2.71. The Hall–Kier alpha value is -3.38. The van der Waals surface area contributed by atoms with Crippen LogP contribution in [0.15, 0.2) is 4.99 Å². The standard InChI is InChI=1S/C20H36N6O7/c1-4-26(16(28)7-5-6-8-23-20(21)22)11-15(27)24-13(10-17(29)30)18(31)25-14(19(32)33)9-12(2)3/h12-14H,4-11H2,1-3H3,(H,24,27)(H,25,31)(H,29,30)(H,32,33)(H4,21,22,23)/t13-,14-/m0/s1. The van der Waals surface area contributed by atoms with Gasteiger partial charge in [-0.3, -0.25) is 24.2 Å². The monoisotopic (exact) mass is 472 g/mol. The molecule has 188 valence electrons. The first-order valence-electron chi connectivity index (χ1n) is 10.7. The molecule has 0 aromatic carbocycles. The number of likely N-dealkylation sites (N-methyl/N-ethyl adjacent to an activating group) is 1. The fraction of sp³-hybridized carbons (Fsp3) is 0.700. The van der Waals surface area contributed by atoms with E-state index < -0.39 is 42.3 Å². The number of amides is 3. The first-order valence-corrected chi connectivity index (χ1v) is 10.7. The topological polar surface area (TPSA) is 218 Å². The first kappa shape index (κ1) is 29.6. The summed E-state index contributed by atoms with van der Waals surface area (Å²) in [6.07, 6.45) is 0.641. The Morgan fingerprint density at radius 2 is 1.64 bits per heavy atom. The van der Waals surface area contributed by atoms with Gasteiger partial charge in [0.05, 0.1) is 13.0 Å². The van der Waals surface area contributed by atoms with Crippen LogP contribution < -0.4 is 22.1 Å². The minimum atomic E-state index is -1.49. The van der Waals surface area contributed by atoms with Crippen molar-refractivity contribution in [1.29, 1.82) is 0 Å². The third kappa shape index (κ3) is 13.6. The third-order valence-corrected chi connectivity index (χ3v) is 4.51. The fourth-order valence-electron chi connectivity index (χ4n) is 2.89. The number of nitrogens with one attached hydrogen (secondary N) is 2. The van der Waals surface area contributed by atoms with E-state index in [9.17, 15) is 29.1 Å². The number of nitrogens with two attached hydrogens (primary N) is 2. The van der Waals surface area contributed by atoms with Crippen LogP contribution in [0.1, 0.15) is 52.9 Å². The van der Waals surface area contributed by atoms with E-state index in [4.69, 9.17) is 16.6 Å². The van der Waals surface area contributed by atoms with Gasteiger partial charge in [0.15, 0.2) is 5.96 Å². The van der Waals surface area contributed by atoms with E-state index in [-0.39, 0.29) is 43.7 Å². The number of rotatable bonds is 16. The number of carbonyl (C=O) groups is 5. The molecular weight excluding hydrogens is 436 g/mol. The number of hydrogen-bond donors (Lipinski definition) is 6. The largest absolute Gasteiger partial charge is 0.481 e. The lowest BCUT2D eigenvalue weighted by Gasteiger charge is -2.24. The van der Waals surface area contributed by atoms with E-state index in [2.05, 4.69) is 15.6 Å². The molecule has 0 aromatic heterocycles. The zero-order valence-electron chi connectivity index (χ0n) is 19.4. The van der Waals surface area contributed by atoms with Crippen LogP contribution in [0.25, 0.3) is 0 Å². The van der Waals surface area contributed by atoms with Crippen molar-refractivity contribution in [1.82, 2.24) is 15.5 Å². The highest BCUT2D eigenvalue weighted by Crippen LogP contribution is 2.06. The van der Waals surface area contributed by atoms with Crippen LogP contribution in [0.2, 0.25) is 0 Å². The minimum absolute atomic E-state index is 0.0352. The highest BCUT2D eigenvalue weighted by Gasteiger charge is 2.29. The normalized spacial score (nSPS) is 12.4. The van der Waals surface area contributed by atoms with Crippen LogP contribution in [0.4, 0.5) is 0 Å². The zero-order valence-corrected chi connectivity index (χ0v) is 19.4. The van der Waals surface area contributed by atoms with Crippen molar-refractivity contribution in [3.05, 3.63) is 0 Å². The quantitative estimate of drug-likeness (QED) is 0.0906. The van der Waals surface area contributed by atoms with Crippen LogP contribution in [-0.2, 0) is 24.0 Å². The molecule has 0 bridgehead atoms. The van der Waals surface area contributed by atoms with Crippen molar-refractivity contribution >= 4 is 35.6 Å². The lowest BCUT2D eigenvalue weighted by Crippen LogP contribution is -2.54. The van der Waals surface area contributed by atoms with Crippen molar-refractivity contribution < 1.29 is 34.2 Å². The van der Waals surface area contributed by atoms with Gasteiger partial charge in [0.2, 0.25) is 17.7 Å². The van der Waals surface area contributed by atoms with Crippen LogP contribution in [0.3, 0.4) is 0 Å². The number of guanidine groups is 1. The molecule has 0 radical (unpaired) electrons. The molecule has 13 heteroatoms. The number of aliphatic carboxylic acids is 2. The summed E-state index contributed by atoms with van der Waals surface area (Å²) in [5.74, 6) is -4.64. The van der Waals surface area contributed by atoms with Crippen LogP contribution >= 0.6 is 0 Å². The highest BCUT2D eigenvalue weighted by molar-refractivity contribution is 5.94. The first-order chi connectivity index (χ1) is 15.4. The summed E-state index contributed by atoms with van der Waals surface area (Å²) in [5.41, 5.74) is 10.5. The Labute approximate surface area is 193 Å². The third-order valence-electron chi connectivity index (χ3n) is 4.51. The van der Waals surface area contributed by atoms with Crippen LogP contribution in [0, 0.1) is 5.92 Å². The Morgan fingerprint density at radius 3 is 2.12 bits per heavy atom. The molecule has 2 atom stereocenters. The van der Waals surface area contributed by atoms with Gasteiger partial charge in [0.25, 0.3) is 0 Å². The van der Waals surface area contributed by atoms with Crippen molar-refractivity contribution in [2.24, 2.45) is 22.4 Å². The SMILES string of the molecule is CCN(CC(=O)N[C@@H](CC(=O)O)C(=O)N[C@@H](CC(C)C)C(=O)O)C(=O)CCCCN=C(N)N. The van der Waals surface area contributed by atoms with Gasteiger partial charge in [-0.15, -0.1) is 0 Å². The van der Waals surface area contributed by atoms with Gasteiger partial charge >= 0.3 is 11.9 Å². The second-order valence-corrected chi connectivity index (χ2v) is 7.92. The van der Waals surface area contributed by atoms with Crippen molar-refractivity contribution in [2.75, 3.05) is 19.6 Å². The second kappa shape index (κ2) is 15.4. The lowest BCUT2D eigenvalue weighted by molar-refractivity contribution is -0.144. The molecule has 0 heterocycles. The van der Waals surface area contributed by atoms with Crippen molar-refractivity contribution in [3.8, 4) is 0 Å². The van der Waals surface area contributed by atoms with Crippen molar-refractivity contribution in [2.45, 2.75) is 65.0 Å². The van der Waals surface area contributed by atoms with Gasteiger partial charge in [-0.05, 0) is 32.1 Å². The predicted molar refractivity (Wildman–Crippen MR) is 120 cm³/mol. The number of carbonyl (C=O) groups excluding carboxylic acids is 3. The minimum Gasteiger partial charge on any atom is -0.481 e. The molecule has 0 aromatic rings. The Bertz CT molecular complexity index is 722. The fourth-order valence-corrected chi connectivity index (χ4v) is 2.89. The summed E-state index contributed by atoms with van der Waals surface area (Å²) >= 11 is 0. The molecule has 0 spiro atoms. The van der Waals surface area contributed by atoms with E-state index in [1.165, 1.54) is 4.90 Å². The molecule has 13 nitrogen and oxygen atoms in total. The van der Waals surface area contributed by atoms with Gasteiger partial charge in [0, 0.05) is 19.5 Å². The number of hydrogen-bond acceptors (Lipinski definition) is 6. The van der Waals surface area contributed by atoms with Crippen LogP contribution in [0.5, 0.6) is 0 Å². The summed E-state index contributed by atoms with van der Waals surface area (Å²) in [6.45, 7) is 5.45. The van der Waals surface area contributed by atoms with Crippen LogP contribution in [-0.4, -0.2) is 82.5 Å². The molecule has 0 aliphatic rings. The zero-order chi connectivity index (χ0) is 25.6. The van der Waals surface area contributed by atoms with Gasteiger partial charge in [-0.25, -0.2) is 4.79 Å². The molecule has 8 N–H and O–H groups in total. The maximum absolute atomic E-state index is 12.5. The van der Waals surface area contributed by atoms with Gasteiger partial charge in [0.1, 0.15) is 12.1 Å². The van der Waals surface area contributed by atoms with E-state index >= 15 is 0 Å². The highest BCUT2D eigenvalue weighted by atomic mass is 16.4. The maximum atomic E-state index is 12.5. The molecule has 0 aliphatic heterocycles. The molecular formula is C20H36N6O7. The van der Waals surface area contributed by atoms with Gasteiger partial charge < -0.3 is 37.2 Å². The Balaban J connectivity index is 4.98. The van der Waals surface area contributed by atoms with Gasteiger partial charge in [-0.1, -0.05) is 13.8 Å². The lowest BCUT2D eigenvalue weighted by atomic mass is 10.0. The number of carboxylic acids is 2. The Morgan fingerprint density at radius 1 is 1.00 bits per heavy atom. The number of unbranched alkanes of at least 4 members (excludes halogenated alkanes) is 1. The molecule has 0 rings (SSSR count). The molecule has 33 heavy (non-hydrogen) atoms. The predicted octanol–water partition coefficient (Wildman–Crippen LogP) is -1.15. The molecule has 0 saturated heterocycles. The average Bonchev–Trinajstić information content (AvgIpc) is 2.69. The smallest absolute Gasteiger partial charge is 0.326 e. The number of aliphatic imine (C=N–C) groups is 1. The van der Waals surface area contributed by atoms with E-state index in [0.29, 0.717) is 19.4 Å². The maximum Gasteiger partial charge on any atom is 0.326 e. The number of nitrogens with zero attached hydrogens (tertiary/aromatic N) is 2. The molecule has 0 unspecified atom stereocenters. The summed E-state index contributed by atoms with van der Waals surface area (Å²) in [7, 11) is 0. The molecule has 0 aliphatic carbocycles. The molecule has 3 amide bonds. The summed E-state index contributed by atoms with van der Waals surface area (Å²) < 4.78 is 0. The summed E-state index contributed by atoms with van der Waals surface area (Å²) in [4.78, 5) is 64.9. The average molecular weight is 473 g/mol. The van der Waals surface area contributed by atoms with Crippen molar-refractivity contribution in [3.63, 3.8) is 0 Å². The van der Waals surface area contributed by atoms with Gasteiger partial charge in [-0.2, -0.15) is 0 Å². The number of carboxylic acid groups (broad SMARTS) is 2. The second-order valence-electron chi connectivity index (χ2n) is 7.92.